The summed E-state index contributed by atoms with van der Waals surface area (Å²) < 4.78 is 3.49. The van der Waals surface area contributed by atoms with E-state index in [1.165, 1.54) is 84.3 Å². The maximum absolute atomic E-state index is 4.90. The van der Waals surface area contributed by atoms with Crippen LogP contribution in [0.15, 0.2) is 48.5 Å². The molecule has 180 valence electrons. The second-order valence-electron chi connectivity index (χ2n) is 11.5. The van der Waals surface area contributed by atoms with E-state index >= 15 is 0 Å². The minimum Gasteiger partial charge on any atom is -0.384 e. The van der Waals surface area contributed by atoms with E-state index in [4.69, 9.17) is 5.10 Å². The van der Waals surface area contributed by atoms with Crippen LogP contribution in [-0.2, 0) is 12.5 Å². The Kier molecular flexibility index (Phi) is 4.89. The molecule has 4 saturated carbocycles. The number of fused-ring (bicyclic) bond motifs is 4. The van der Waals surface area contributed by atoms with Crippen molar-refractivity contribution in [1.82, 2.24) is 14.8 Å². The molecule has 4 nitrogen and oxygen atoms in total. The summed E-state index contributed by atoms with van der Waals surface area (Å²) in [5, 5.41) is 9.88. The molecule has 2 aromatic carbocycles. The van der Waals surface area contributed by atoms with Gasteiger partial charge >= 0.3 is 0 Å². The molecule has 35 heavy (non-hydrogen) atoms. The van der Waals surface area contributed by atoms with Crippen LogP contribution < -0.4 is 5.32 Å². The highest BCUT2D eigenvalue weighted by Gasteiger charge is 2.50. The number of anilines is 1. The van der Waals surface area contributed by atoms with Crippen molar-refractivity contribution in [2.45, 2.75) is 69.6 Å². The predicted molar refractivity (Wildman–Crippen MR) is 145 cm³/mol. The lowest BCUT2D eigenvalue weighted by atomic mass is 9.52. The van der Waals surface area contributed by atoms with Gasteiger partial charge in [0.15, 0.2) is 0 Å². The summed E-state index contributed by atoms with van der Waals surface area (Å²) >= 11 is 1.77. The van der Waals surface area contributed by atoms with Crippen LogP contribution in [0.3, 0.4) is 0 Å². The SMILES string of the molecule is Cc1nc2ccc(-c3cccc(NCC45CCC(c6cc(C7CC7)nn6C)(CC4)CC5)c3)cc2s1. The van der Waals surface area contributed by atoms with Gasteiger partial charge in [-0.2, -0.15) is 5.10 Å². The average Bonchev–Trinajstić information content (AvgIpc) is 3.56. The molecule has 2 bridgehead atoms. The van der Waals surface area contributed by atoms with E-state index in [1.807, 2.05) is 0 Å². The van der Waals surface area contributed by atoms with Crippen molar-refractivity contribution in [1.29, 1.82) is 0 Å². The van der Waals surface area contributed by atoms with Gasteiger partial charge in [-0.25, -0.2) is 4.98 Å². The third kappa shape index (κ3) is 3.79. The number of benzene rings is 2. The normalized spacial score (nSPS) is 25.9. The number of nitrogens with one attached hydrogen (secondary N) is 1. The highest BCUT2D eigenvalue weighted by molar-refractivity contribution is 7.18. The molecule has 0 unspecified atom stereocenters. The van der Waals surface area contributed by atoms with E-state index in [1.54, 1.807) is 11.3 Å². The molecule has 4 fully saturated rings. The Morgan fingerprint density at radius 1 is 0.971 bits per heavy atom. The molecule has 2 heterocycles. The van der Waals surface area contributed by atoms with Crippen molar-refractivity contribution in [2.75, 3.05) is 11.9 Å². The van der Waals surface area contributed by atoms with Crippen molar-refractivity contribution >= 4 is 27.2 Å². The molecule has 8 rings (SSSR count). The number of hydrogen-bond donors (Lipinski definition) is 1. The summed E-state index contributed by atoms with van der Waals surface area (Å²) in [7, 11) is 2.18. The number of aromatic nitrogens is 3. The topological polar surface area (TPSA) is 42.7 Å². The second kappa shape index (κ2) is 7.92. The minimum absolute atomic E-state index is 0.365. The molecule has 4 aliphatic rings. The van der Waals surface area contributed by atoms with Crippen molar-refractivity contribution in [3.63, 3.8) is 0 Å². The van der Waals surface area contributed by atoms with Crippen LogP contribution in [0.25, 0.3) is 21.3 Å². The smallest absolute Gasteiger partial charge is 0.0907 e. The molecule has 4 aromatic rings. The Hall–Kier alpha value is -2.66. The summed E-state index contributed by atoms with van der Waals surface area (Å²) in [5.41, 5.74) is 8.55. The summed E-state index contributed by atoms with van der Waals surface area (Å²) in [6, 6.07) is 18.0. The predicted octanol–water partition coefficient (Wildman–Crippen LogP) is 7.59. The number of nitrogens with zero attached hydrogens (tertiary/aromatic N) is 3. The molecule has 0 radical (unpaired) electrons. The fourth-order valence-corrected chi connectivity index (χ4v) is 7.66. The van der Waals surface area contributed by atoms with Gasteiger partial charge < -0.3 is 5.32 Å². The Morgan fingerprint density at radius 3 is 2.51 bits per heavy atom. The van der Waals surface area contributed by atoms with Gasteiger partial charge in [-0.15, -0.1) is 11.3 Å². The third-order valence-electron chi connectivity index (χ3n) is 9.20. The molecule has 0 aliphatic heterocycles. The van der Waals surface area contributed by atoms with Crippen LogP contribution in [0.4, 0.5) is 5.69 Å². The zero-order valence-electron chi connectivity index (χ0n) is 20.8. The molecular weight excluding hydrogens is 448 g/mol. The molecular formula is C30H34N4S. The summed E-state index contributed by atoms with van der Waals surface area (Å²) in [6.07, 6.45) is 10.6. The molecule has 1 N–H and O–H groups in total. The Labute approximate surface area is 211 Å². The molecule has 0 atom stereocenters. The van der Waals surface area contributed by atoms with E-state index in [-0.39, 0.29) is 0 Å². The van der Waals surface area contributed by atoms with Crippen molar-refractivity contribution in [3.05, 3.63) is 64.9 Å². The van der Waals surface area contributed by atoms with Gasteiger partial charge in [0.25, 0.3) is 0 Å². The number of hydrogen-bond acceptors (Lipinski definition) is 4. The fourth-order valence-electron chi connectivity index (χ4n) is 6.79. The van der Waals surface area contributed by atoms with E-state index in [0.717, 1.165) is 23.0 Å². The molecule has 4 aliphatic carbocycles. The zero-order valence-corrected chi connectivity index (χ0v) is 21.6. The lowest BCUT2D eigenvalue weighted by Crippen LogP contribution is -2.47. The second-order valence-corrected chi connectivity index (χ2v) is 12.7. The molecule has 2 aromatic heterocycles. The van der Waals surface area contributed by atoms with Gasteiger partial charge in [-0.3, -0.25) is 4.68 Å². The quantitative estimate of drug-likeness (QED) is 0.308. The van der Waals surface area contributed by atoms with E-state index < -0.39 is 0 Å². The minimum atomic E-state index is 0.365. The maximum atomic E-state index is 4.90. The maximum Gasteiger partial charge on any atom is 0.0907 e. The lowest BCUT2D eigenvalue weighted by molar-refractivity contribution is 0.0462. The number of thiazole rings is 1. The van der Waals surface area contributed by atoms with E-state index in [2.05, 4.69) is 77.5 Å². The summed E-state index contributed by atoms with van der Waals surface area (Å²) in [6.45, 7) is 3.16. The monoisotopic (exact) mass is 482 g/mol. The van der Waals surface area contributed by atoms with Gasteiger partial charge in [0, 0.05) is 36.3 Å². The summed E-state index contributed by atoms with van der Waals surface area (Å²) in [4.78, 5) is 4.61. The molecule has 0 saturated heterocycles. The summed E-state index contributed by atoms with van der Waals surface area (Å²) in [5.74, 6) is 0.741. The van der Waals surface area contributed by atoms with Crippen molar-refractivity contribution < 1.29 is 0 Å². The first-order valence-electron chi connectivity index (χ1n) is 13.3. The van der Waals surface area contributed by atoms with Gasteiger partial charge in [-0.05, 0) is 105 Å². The van der Waals surface area contributed by atoms with Crippen molar-refractivity contribution in [2.24, 2.45) is 12.5 Å². The van der Waals surface area contributed by atoms with Crippen LogP contribution in [0.2, 0.25) is 0 Å². The zero-order chi connectivity index (χ0) is 23.6. The van der Waals surface area contributed by atoms with E-state index in [0.29, 0.717) is 10.8 Å². The van der Waals surface area contributed by atoms with E-state index in [9.17, 15) is 0 Å². The van der Waals surface area contributed by atoms with Crippen LogP contribution in [-0.4, -0.2) is 21.3 Å². The molecule has 0 spiro atoms. The average molecular weight is 483 g/mol. The van der Waals surface area contributed by atoms with Crippen LogP contribution in [0.5, 0.6) is 0 Å². The van der Waals surface area contributed by atoms with Gasteiger partial charge in [0.05, 0.1) is 20.9 Å². The number of rotatable bonds is 6. The highest BCUT2D eigenvalue weighted by atomic mass is 32.1. The third-order valence-corrected chi connectivity index (χ3v) is 10.1. The van der Waals surface area contributed by atoms with Crippen molar-refractivity contribution in [3.8, 4) is 11.1 Å². The highest BCUT2D eigenvalue weighted by Crippen LogP contribution is 2.58. The number of aryl methyl sites for hydroxylation is 2. The Balaban J connectivity index is 1.05. The standard InChI is InChI=1S/C30H34N4S/c1-20-32-25-9-8-23(17-27(25)35-20)22-4-3-5-24(16-22)31-19-29-10-13-30(14-11-29,15-12-29)28-18-26(21-6-7-21)33-34(28)2/h3-5,8-9,16-18,21,31H,6-7,10-15,19H2,1-2H3. The fraction of sp³-hybridized carbons (Fsp3) is 0.467. The van der Waals surface area contributed by atoms with Crippen LogP contribution in [0, 0.1) is 12.3 Å². The van der Waals surface area contributed by atoms with Gasteiger partial charge in [0.1, 0.15) is 0 Å². The van der Waals surface area contributed by atoms with Crippen LogP contribution >= 0.6 is 11.3 Å². The lowest BCUT2D eigenvalue weighted by Gasteiger charge is -2.53. The largest absolute Gasteiger partial charge is 0.384 e. The van der Waals surface area contributed by atoms with Gasteiger partial charge in [0.2, 0.25) is 0 Å². The first-order valence-corrected chi connectivity index (χ1v) is 14.1. The van der Waals surface area contributed by atoms with Crippen LogP contribution in [0.1, 0.15) is 73.7 Å². The Morgan fingerprint density at radius 2 is 1.74 bits per heavy atom. The molecule has 5 heteroatoms. The first-order chi connectivity index (χ1) is 17.0. The molecule has 0 amide bonds. The Bertz CT molecular complexity index is 1380. The first kappa shape index (κ1) is 21.6. The van der Waals surface area contributed by atoms with Gasteiger partial charge in [-0.1, -0.05) is 18.2 Å².